The van der Waals surface area contributed by atoms with Crippen LogP contribution in [0.5, 0.6) is 0 Å². The Morgan fingerprint density at radius 3 is 2.53 bits per heavy atom. The van der Waals surface area contributed by atoms with Crippen LogP contribution in [0.4, 0.5) is 5.69 Å². The molecule has 0 bridgehead atoms. The maximum absolute atomic E-state index is 13.8. The number of carbonyl (C=O) groups is 4. The van der Waals surface area contributed by atoms with Crippen molar-refractivity contribution in [3.05, 3.63) is 65.2 Å². The molecule has 4 amide bonds. The van der Waals surface area contributed by atoms with E-state index in [-0.39, 0.29) is 37.1 Å². The summed E-state index contributed by atoms with van der Waals surface area (Å²) in [6.07, 6.45) is 1.64. The number of hydrogen-bond donors (Lipinski definition) is 3. The molecule has 2 saturated heterocycles. The van der Waals surface area contributed by atoms with E-state index in [1.807, 2.05) is 55.5 Å². The predicted octanol–water partition coefficient (Wildman–Crippen LogP) is 1.48. The van der Waals surface area contributed by atoms with Crippen LogP contribution in [-0.4, -0.2) is 41.1 Å². The van der Waals surface area contributed by atoms with Gasteiger partial charge in [-0.3, -0.25) is 29.4 Å². The van der Waals surface area contributed by atoms with Crippen LogP contribution in [-0.2, 0) is 37.6 Å². The first-order chi connectivity index (χ1) is 16.4. The van der Waals surface area contributed by atoms with Crippen molar-refractivity contribution < 1.29 is 19.2 Å². The number of benzene rings is 2. The number of primary amides is 1. The van der Waals surface area contributed by atoms with Crippen LogP contribution in [0.25, 0.3) is 0 Å². The van der Waals surface area contributed by atoms with E-state index in [1.54, 1.807) is 0 Å². The number of nitrogens with two attached hydrogens (primary N) is 1. The third-order valence-electron chi connectivity index (χ3n) is 7.45. The molecule has 5 rings (SSSR count). The highest BCUT2D eigenvalue weighted by atomic mass is 16.2. The van der Waals surface area contributed by atoms with Gasteiger partial charge in [0.25, 0.3) is 0 Å². The molecule has 4 atom stereocenters. The Hall–Kier alpha value is -3.52. The van der Waals surface area contributed by atoms with Gasteiger partial charge < -0.3 is 11.1 Å². The molecule has 0 saturated carbocycles. The molecule has 0 aromatic heterocycles. The molecule has 8 nitrogen and oxygen atoms in total. The van der Waals surface area contributed by atoms with Crippen molar-refractivity contribution in [2.24, 2.45) is 17.6 Å². The Labute approximate surface area is 197 Å². The lowest BCUT2D eigenvalue weighted by Crippen LogP contribution is -2.53. The molecule has 3 aliphatic rings. The van der Waals surface area contributed by atoms with E-state index >= 15 is 0 Å². The topological polar surface area (TPSA) is 122 Å². The van der Waals surface area contributed by atoms with Crippen LogP contribution in [0.2, 0.25) is 0 Å². The van der Waals surface area contributed by atoms with E-state index in [9.17, 15) is 19.2 Å². The molecule has 4 unspecified atom stereocenters. The Balaban J connectivity index is 1.54. The molecule has 34 heavy (non-hydrogen) atoms. The number of aryl methyl sites for hydroxylation is 1. The monoisotopic (exact) mass is 460 g/mol. The minimum Gasteiger partial charge on any atom is -0.370 e. The van der Waals surface area contributed by atoms with Crippen molar-refractivity contribution in [2.45, 2.75) is 44.2 Å². The molecule has 8 heteroatoms. The van der Waals surface area contributed by atoms with Gasteiger partial charge >= 0.3 is 0 Å². The largest absolute Gasteiger partial charge is 0.370 e. The summed E-state index contributed by atoms with van der Waals surface area (Å²) in [5.74, 6) is -3.06. The van der Waals surface area contributed by atoms with Crippen molar-refractivity contribution in [3.63, 3.8) is 0 Å². The highest BCUT2D eigenvalue weighted by molar-refractivity contribution is 6.15. The fraction of sp³-hybridized carbons (Fsp3) is 0.385. The quantitative estimate of drug-likeness (QED) is 0.541. The lowest BCUT2D eigenvalue weighted by Gasteiger charge is -2.29. The van der Waals surface area contributed by atoms with E-state index < -0.39 is 29.3 Å². The maximum Gasteiger partial charge on any atom is 0.250 e. The second-order valence-corrected chi connectivity index (χ2v) is 9.32. The van der Waals surface area contributed by atoms with Crippen molar-refractivity contribution >= 4 is 29.3 Å². The summed E-state index contributed by atoms with van der Waals surface area (Å²) in [6.45, 7) is 2.27. The molecule has 176 valence electrons. The number of amides is 4. The molecule has 0 aliphatic carbocycles. The number of nitrogens with one attached hydrogen (secondary N) is 2. The average Bonchev–Trinajstić information content (AvgIpc) is 3.41. The third-order valence-corrected chi connectivity index (χ3v) is 7.45. The first-order valence-electron chi connectivity index (χ1n) is 11.8. The number of fused-ring (bicyclic) bond motifs is 4. The minimum absolute atomic E-state index is 0.0614. The van der Waals surface area contributed by atoms with Gasteiger partial charge in [-0.2, -0.15) is 0 Å². The number of anilines is 1. The van der Waals surface area contributed by atoms with Gasteiger partial charge in [-0.15, -0.1) is 0 Å². The smallest absolute Gasteiger partial charge is 0.250 e. The van der Waals surface area contributed by atoms with Crippen molar-refractivity contribution in [1.82, 2.24) is 10.2 Å². The zero-order chi connectivity index (χ0) is 24.0. The van der Waals surface area contributed by atoms with E-state index in [1.165, 1.54) is 4.90 Å². The standard InChI is InChI=1S/C26H28N4O4/c1-2-15-8-9-18-17(14-15)26(25(34)28-18)22-21(19(29-26)10-11-20(27)31)23(32)30(24(22)33)13-12-16-6-4-3-5-7-16/h3-9,14,19,21-22,29H,2,10-13H2,1H3,(H2,27,31)(H,28,34). The summed E-state index contributed by atoms with van der Waals surface area (Å²) < 4.78 is 0. The van der Waals surface area contributed by atoms with Crippen LogP contribution in [0, 0.1) is 11.8 Å². The summed E-state index contributed by atoms with van der Waals surface area (Å²) in [5, 5.41) is 6.26. The number of carbonyl (C=O) groups excluding carboxylic acids is 4. The second kappa shape index (κ2) is 8.36. The van der Waals surface area contributed by atoms with E-state index in [4.69, 9.17) is 5.73 Å². The summed E-state index contributed by atoms with van der Waals surface area (Å²) in [6, 6.07) is 14.9. The van der Waals surface area contributed by atoms with Gasteiger partial charge in [-0.25, -0.2) is 0 Å². The molecule has 2 aromatic carbocycles. The Kier molecular flexibility index (Phi) is 5.48. The van der Waals surface area contributed by atoms with Crippen LogP contribution in [0.3, 0.4) is 0 Å². The first-order valence-corrected chi connectivity index (χ1v) is 11.8. The molecule has 4 N–H and O–H groups in total. The van der Waals surface area contributed by atoms with Crippen LogP contribution >= 0.6 is 0 Å². The molecule has 0 radical (unpaired) electrons. The maximum atomic E-state index is 13.8. The van der Waals surface area contributed by atoms with Crippen LogP contribution < -0.4 is 16.4 Å². The predicted molar refractivity (Wildman–Crippen MR) is 125 cm³/mol. The Bertz CT molecular complexity index is 1180. The van der Waals surface area contributed by atoms with Gasteiger partial charge in [0.05, 0.1) is 11.8 Å². The van der Waals surface area contributed by atoms with Crippen molar-refractivity contribution in [3.8, 4) is 0 Å². The van der Waals surface area contributed by atoms with E-state index in [0.29, 0.717) is 17.7 Å². The molecule has 3 aliphatic heterocycles. The lowest BCUT2D eigenvalue weighted by atomic mass is 9.76. The second-order valence-electron chi connectivity index (χ2n) is 9.32. The van der Waals surface area contributed by atoms with Crippen LogP contribution in [0.15, 0.2) is 48.5 Å². The average molecular weight is 461 g/mol. The fourth-order valence-corrected chi connectivity index (χ4v) is 5.78. The highest BCUT2D eigenvalue weighted by Crippen LogP contribution is 2.53. The molecule has 3 heterocycles. The number of nitrogens with zero attached hydrogens (tertiary/aromatic N) is 1. The van der Waals surface area contributed by atoms with E-state index in [0.717, 1.165) is 17.5 Å². The van der Waals surface area contributed by atoms with Gasteiger partial charge in [0.1, 0.15) is 5.54 Å². The fourth-order valence-electron chi connectivity index (χ4n) is 5.78. The van der Waals surface area contributed by atoms with Gasteiger partial charge in [-0.05, 0) is 36.5 Å². The Morgan fingerprint density at radius 1 is 1.06 bits per heavy atom. The SMILES string of the molecule is CCc1ccc2c(c1)C1(NC(CCC(N)=O)C3C(=O)N(CCc4ccccc4)C(=O)C31)C(=O)N2. The van der Waals surface area contributed by atoms with Gasteiger partial charge in [0, 0.05) is 30.3 Å². The number of rotatable bonds is 7. The van der Waals surface area contributed by atoms with Crippen LogP contribution in [0.1, 0.15) is 36.5 Å². The summed E-state index contributed by atoms with van der Waals surface area (Å²) in [4.78, 5) is 53.6. The molecule has 2 aromatic rings. The normalized spacial score (nSPS) is 27.3. The highest BCUT2D eigenvalue weighted by Gasteiger charge is 2.70. The summed E-state index contributed by atoms with van der Waals surface area (Å²) in [7, 11) is 0. The third kappa shape index (κ3) is 3.32. The molecular formula is C26H28N4O4. The van der Waals surface area contributed by atoms with Crippen molar-refractivity contribution in [1.29, 1.82) is 0 Å². The van der Waals surface area contributed by atoms with Gasteiger partial charge in [0.15, 0.2) is 0 Å². The molecule has 2 fully saturated rings. The summed E-state index contributed by atoms with van der Waals surface area (Å²) >= 11 is 0. The van der Waals surface area contributed by atoms with E-state index in [2.05, 4.69) is 10.6 Å². The minimum atomic E-state index is -1.35. The van der Waals surface area contributed by atoms with Crippen molar-refractivity contribution in [2.75, 3.05) is 11.9 Å². The summed E-state index contributed by atoms with van der Waals surface area (Å²) in [5.41, 5.74) is 7.44. The lowest BCUT2D eigenvalue weighted by molar-refractivity contribution is -0.142. The zero-order valence-corrected chi connectivity index (χ0v) is 19.0. The number of likely N-dealkylation sites (tertiary alicyclic amines) is 1. The number of hydrogen-bond acceptors (Lipinski definition) is 5. The van der Waals surface area contributed by atoms with Gasteiger partial charge in [0.2, 0.25) is 23.6 Å². The Morgan fingerprint density at radius 2 is 1.82 bits per heavy atom. The molecule has 1 spiro atoms. The number of imide groups is 1. The zero-order valence-electron chi connectivity index (χ0n) is 19.0. The molecular weight excluding hydrogens is 432 g/mol. The van der Waals surface area contributed by atoms with Gasteiger partial charge in [-0.1, -0.05) is 49.4 Å². The first kappa shape index (κ1) is 22.3.